The highest BCUT2D eigenvalue weighted by molar-refractivity contribution is 5.83. The normalized spacial score (nSPS) is 10.4. The summed E-state index contributed by atoms with van der Waals surface area (Å²) in [6, 6.07) is 5.57. The van der Waals surface area contributed by atoms with Crippen molar-refractivity contribution in [1.82, 2.24) is 4.90 Å². The summed E-state index contributed by atoms with van der Waals surface area (Å²) < 4.78 is 10.1. The van der Waals surface area contributed by atoms with Crippen molar-refractivity contribution in [1.29, 1.82) is 0 Å². The van der Waals surface area contributed by atoms with Crippen molar-refractivity contribution in [3.63, 3.8) is 0 Å². The Morgan fingerprint density at radius 3 is 2.38 bits per heavy atom. The third-order valence-electron chi connectivity index (χ3n) is 3.31. The Balaban J connectivity index is 2.64. The van der Waals surface area contributed by atoms with E-state index in [1.165, 1.54) is 17.6 Å². The Morgan fingerprint density at radius 1 is 1.19 bits per heavy atom. The number of rotatable bonds is 6. The molecule has 1 aromatic rings. The van der Waals surface area contributed by atoms with Gasteiger partial charge in [-0.05, 0) is 51.0 Å². The van der Waals surface area contributed by atoms with Crippen LogP contribution in [0.2, 0.25) is 0 Å². The summed E-state index contributed by atoms with van der Waals surface area (Å²) in [5.74, 6) is -0.0370. The van der Waals surface area contributed by atoms with E-state index in [0.717, 1.165) is 5.56 Å². The number of ether oxygens (including phenoxy) is 2. The highest BCUT2D eigenvalue weighted by Crippen LogP contribution is 2.16. The Bertz CT molecular complexity index is 511. The lowest BCUT2D eigenvalue weighted by Crippen LogP contribution is -2.43. The summed E-state index contributed by atoms with van der Waals surface area (Å²) in [6.45, 7) is 7.53. The summed E-state index contributed by atoms with van der Waals surface area (Å²) in [5.41, 5.74) is 2.28. The van der Waals surface area contributed by atoms with Crippen molar-refractivity contribution in [3.05, 3.63) is 29.3 Å². The lowest BCUT2D eigenvalue weighted by molar-refractivity contribution is -0.149. The highest BCUT2D eigenvalue weighted by atomic mass is 16.5. The summed E-state index contributed by atoms with van der Waals surface area (Å²) in [5, 5.41) is 0. The molecule has 0 aromatic heterocycles. The van der Waals surface area contributed by atoms with Gasteiger partial charge in [-0.1, -0.05) is 6.07 Å². The molecule has 0 radical (unpaired) electrons. The van der Waals surface area contributed by atoms with Crippen molar-refractivity contribution in [2.75, 3.05) is 20.3 Å². The molecule has 5 heteroatoms. The molecule has 0 atom stereocenters. The molecule has 1 aromatic carbocycles. The maximum atomic E-state index is 12.2. The van der Waals surface area contributed by atoms with E-state index in [0.29, 0.717) is 5.75 Å². The number of carbonyl (C=O) groups excluding carboxylic acids is 2. The predicted octanol–water partition coefficient (Wildman–Crippen LogP) is 2.09. The van der Waals surface area contributed by atoms with Crippen LogP contribution in [-0.4, -0.2) is 43.1 Å². The average molecular weight is 293 g/mol. The second-order valence-electron chi connectivity index (χ2n) is 5.23. The van der Waals surface area contributed by atoms with Gasteiger partial charge in [-0.15, -0.1) is 0 Å². The lowest BCUT2D eigenvalue weighted by Gasteiger charge is -2.25. The molecule has 0 fully saturated rings. The van der Waals surface area contributed by atoms with Crippen LogP contribution in [0.4, 0.5) is 0 Å². The topological polar surface area (TPSA) is 55.8 Å². The third kappa shape index (κ3) is 5.10. The monoisotopic (exact) mass is 293 g/mol. The van der Waals surface area contributed by atoms with Crippen LogP contribution < -0.4 is 4.74 Å². The van der Waals surface area contributed by atoms with Crippen LogP contribution in [0.5, 0.6) is 5.75 Å². The maximum Gasteiger partial charge on any atom is 0.325 e. The first-order valence-corrected chi connectivity index (χ1v) is 6.91. The van der Waals surface area contributed by atoms with Crippen molar-refractivity contribution in [2.45, 2.75) is 33.7 Å². The highest BCUT2D eigenvalue weighted by Gasteiger charge is 2.20. The Morgan fingerprint density at radius 2 is 1.86 bits per heavy atom. The Kier molecular flexibility index (Phi) is 6.21. The van der Waals surface area contributed by atoms with Crippen LogP contribution in [0, 0.1) is 13.8 Å². The van der Waals surface area contributed by atoms with Crippen LogP contribution in [0.25, 0.3) is 0 Å². The van der Waals surface area contributed by atoms with Gasteiger partial charge in [0.05, 0.1) is 7.11 Å². The Hall–Kier alpha value is -2.04. The number of benzene rings is 1. The third-order valence-corrected chi connectivity index (χ3v) is 3.31. The van der Waals surface area contributed by atoms with Gasteiger partial charge in [-0.2, -0.15) is 0 Å². The second kappa shape index (κ2) is 7.67. The average Bonchev–Trinajstić information content (AvgIpc) is 2.45. The Labute approximate surface area is 125 Å². The molecule has 0 heterocycles. The van der Waals surface area contributed by atoms with Crippen LogP contribution in [0.3, 0.4) is 0 Å². The first kappa shape index (κ1) is 17.0. The molecule has 0 aliphatic carbocycles. The molecule has 116 valence electrons. The van der Waals surface area contributed by atoms with Crippen LogP contribution in [0.1, 0.15) is 25.0 Å². The van der Waals surface area contributed by atoms with Crippen LogP contribution in [0.15, 0.2) is 18.2 Å². The molecule has 0 unspecified atom stereocenters. The number of amides is 1. The number of carbonyl (C=O) groups is 2. The van der Waals surface area contributed by atoms with E-state index < -0.39 is 5.97 Å². The lowest BCUT2D eigenvalue weighted by atomic mass is 10.1. The van der Waals surface area contributed by atoms with Crippen molar-refractivity contribution < 1.29 is 19.1 Å². The maximum absolute atomic E-state index is 12.2. The van der Waals surface area contributed by atoms with Gasteiger partial charge >= 0.3 is 5.97 Å². The second-order valence-corrected chi connectivity index (χ2v) is 5.23. The molecule has 0 bridgehead atoms. The molecular formula is C16H23NO4. The fourth-order valence-corrected chi connectivity index (χ4v) is 1.79. The summed E-state index contributed by atoms with van der Waals surface area (Å²) in [7, 11) is 1.30. The SMILES string of the molecule is COC(=O)CN(C(=O)COc1ccc(C)c(C)c1)C(C)C. The zero-order valence-corrected chi connectivity index (χ0v) is 13.3. The zero-order valence-electron chi connectivity index (χ0n) is 13.3. The molecule has 0 saturated carbocycles. The van der Waals surface area contributed by atoms with E-state index in [2.05, 4.69) is 4.74 Å². The molecule has 21 heavy (non-hydrogen) atoms. The molecule has 0 saturated heterocycles. The van der Waals surface area contributed by atoms with E-state index in [4.69, 9.17) is 4.74 Å². The van der Waals surface area contributed by atoms with Gasteiger partial charge in [0.15, 0.2) is 6.61 Å². The molecule has 1 amide bonds. The van der Waals surface area contributed by atoms with Gasteiger partial charge in [0.2, 0.25) is 0 Å². The minimum absolute atomic E-state index is 0.0662. The van der Waals surface area contributed by atoms with Gasteiger partial charge in [0, 0.05) is 6.04 Å². The van der Waals surface area contributed by atoms with Crippen LogP contribution >= 0.6 is 0 Å². The number of esters is 1. The molecule has 0 aliphatic heterocycles. The summed E-state index contributed by atoms with van der Waals surface area (Å²) >= 11 is 0. The van der Waals surface area contributed by atoms with Crippen molar-refractivity contribution >= 4 is 11.9 Å². The summed E-state index contributed by atoms with van der Waals surface area (Å²) in [4.78, 5) is 24.9. The number of methoxy groups -OCH3 is 1. The van der Waals surface area contributed by atoms with Crippen LogP contribution in [-0.2, 0) is 14.3 Å². The van der Waals surface area contributed by atoms with Gasteiger partial charge in [-0.25, -0.2) is 0 Å². The van der Waals surface area contributed by atoms with Crippen molar-refractivity contribution in [3.8, 4) is 5.75 Å². The molecule has 0 spiro atoms. The minimum atomic E-state index is -0.441. The zero-order chi connectivity index (χ0) is 16.0. The largest absolute Gasteiger partial charge is 0.484 e. The number of nitrogens with zero attached hydrogens (tertiary/aromatic N) is 1. The first-order valence-electron chi connectivity index (χ1n) is 6.91. The number of aryl methyl sites for hydroxylation is 2. The van der Waals surface area contributed by atoms with Gasteiger partial charge in [0.1, 0.15) is 12.3 Å². The molecule has 0 aliphatic rings. The van der Waals surface area contributed by atoms with Crippen molar-refractivity contribution in [2.24, 2.45) is 0 Å². The van der Waals surface area contributed by atoms with E-state index in [-0.39, 0.29) is 25.1 Å². The van der Waals surface area contributed by atoms with E-state index >= 15 is 0 Å². The van der Waals surface area contributed by atoms with E-state index in [9.17, 15) is 9.59 Å². The minimum Gasteiger partial charge on any atom is -0.484 e. The van der Waals surface area contributed by atoms with E-state index in [1.54, 1.807) is 0 Å². The molecule has 0 N–H and O–H groups in total. The number of hydrogen-bond donors (Lipinski definition) is 0. The van der Waals surface area contributed by atoms with Gasteiger partial charge in [0.25, 0.3) is 5.91 Å². The first-order chi connectivity index (χ1) is 9.85. The van der Waals surface area contributed by atoms with E-state index in [1.807, 2.05) is 45.9 Å². The smallest absolute Gasteiger partial charge is 0.325 e. The predicted molar refractivity (Wildman–Crippen MR) is 80.3 cm³/mol. The molecular weight excluding hydrogens is 270 g/mol. The van der Waals surface area contributed by atoms with Gasteiger partial charge in [-0.3, -0.25) is 9.59 Å². The number of hydrogen-bond acceptors (Lipinski definition) is 4. The standard InChI is InChI=1S/C16H23NO4/c1-11(2)17(9-16(19)20-5)15(18)10-21-14-7-6-12(3)13(4)8-14/h6-8,11H,9-10H2,1-5H3. The summed E-state index contributed by atoms with van der Waals surface area (Å²) in [6.07, 6.45) is 0. The fraction of sp³-hybridized carbons (Fsp3) is 0.500. The van der Waals surface area contributed by atoms with Gasteiger partial charge < -0.3 is 14.4 Å². The fourth-order valence-electron chi connectivity index (χ4n) is 1.79. The molecule has 1 rings (SSSR count). The quantitative estimate of drug-likeness (QED) is 0.754. The molecule has 5 nitrogen and oxygen atoms in total.